The summed E-state index contributed by atoms with van der Waals surface area (Å²) >= 11 is 1.26. The minimum absolute atomic E-state index is 0.0415. The van der Waals surface area contributed by atoms with Crippen molar-refractivity contribution in [2.24, 2.45) is 10.8 Å². The summed E-state index contributed by atoms with van der Waals surface area (Å²) in [5.41, 5.74) is 5.89. The lowest BCUT2D eigenvalue weighted by atomic mass is 9.97. The maximum absolute atomic E-state index is 13.3. The molecule has 0 radical (unpaired) electrons. The molecule has 25 heavy (non-hydrogen) atoms. The van der Waals surface area contributed by atoms with Crippen molar-refractivity contribution in [3.8, 4) is 0 Å². The predicted molar refractivity (Wildman–Crippen MR) is 88.0 cm³/mol. The molecule has 6 nitrogen and oxygen atoms in total. The predicted octanol–water partition coefficient (Wildman–Crippen LogP) is 1.80. The van der Waals surface area contributed by atoms with Crippen LogP contribution in [0.3, 0.4) is 0 Å². The first-order valence-corrected chi connectivity index (χ1v) is 8.19. The molecular weight excluding hydrogens is 350 g/mol. The number of nitrogens with zero attached hydrogens (tertiary/aromatic N) is 3. The number of halogens is 2. The lowest BCUT2D eigenvalue weighted by Gasteiger charge is -2.24. The third-order valence-corrected chi connectivity index (χ3v) is 4.86. The van der Waals surface area contributed by atoms with Gasteiger partial charge in [0.25, 0.3) is 5.91 Å². The van der Waals surface area contributed by atoms with Crippen molar-refractivity contribution >= 4 is 28.9 Å². The zero-order chi connectivity index (χ0) is 18.1. The molecule has 2 aromatic rings. The van der Waals surface area contributed by atoms with Crippen LogP contribution in [0.2, 0.25) is 0 Å². The summed E-state index contributed by atoms with van der Waals surface area (Å²) in [6, 6.07) is 3.30. The fraction of sp³-hybridized carbons (Fsp3) is 0.250. The van der Waals surface area contributed by atoms with Crippen LogP contribution < -0.4 is 5.73 Å². The number of amides is 2. The Morgan fingerprint density at radius 1 is 1.36 bits per heavy atom. The molecule has 1 atom stereocenters. The Bertz CT molecular complexity index is 861. The Kier molecular flexibility index (Phi) is 4.58. The van der Waals surface area contributed by atoms with Crippen molar-refractivity contribution < 1.29 is 18.4 Å². The first-order valence-electron chi connectivity index (χ1n) is 7.38. The van der Waals surface area contributed by atoms with E-state index in [1.54, 1.807) is 6.20 Å². The number of carbonyl (C=O) groups excluding carboxylic acids is 2. The second-order valence-corrected chi connectivity index (χ2v) is 6.79. The molecule has 1 aliphatic heterocycles. The first kappa shape index (κ1) is 17.2. The normalized spacial score (nSPS) is 17.6. The zero-order valence-electron chi connectivity index (χ0n) is 13.2. The highest BCUT2D eigenvalue weighted by atomic mass is 32.1. The number of primary amides is 1. The fourth-order valence-corrected chi connectivity index (χ4v) is 3.65. The number of nitrogens with two attached hydrogens (primary N) is 1. The number of hydrazone groups is 1. The van der Waals surface area contributed by atoms with Crippen molar-refractivity contribution in [1.82, 2.24) is 9.99 Å². The number of carbonyl (C=O) groups is 2. The highest BCUT2D eigenvalue weighted by molar-refractivity contribution is 7.11. The highest BCUT2D eigenvalue weighted by Crippen LogP contribution is 2.30. The topological polar surface area (TPSA) is 88.7 Å². The third-order valence-electron chi connectivity index (χ3n) is 3.75. The van der Waals surface area contributed by atoms with Crippen LogP contribution in [0.25, 0.3) is 0 Å². The summed E-state index contributed by atoms with van der Waals surface area (Å²) in [5, 5.41) is 5.53. The average molecular weight is 364 g/mol. The van der Waals surface area contributed by atoms with E-state index in [2.05, 4.69) is 10.1 Å². The number of thiazole rings is 1. The molecule has 1 aromatic carbocycles. The number of rotatable bonds is 4. The molecule has 2 N–H and O–H groups in total. The minimum atomic E-state index is -0.715. The van der Waals surface area contributed by atoms with Gasteiger partial charge in [0, 0.05) is 37.0 Å². The monoisotopic (exact) mass is 364 g/mol. The van der Waals surface area contributed by atoms with Crippen molar-refractivity contribution in [2.45, 2.75) is 18.8 Å². The fourth-order valence-electron chi connectivity index (χ4n) is 2.60. The number of hydrogen-bond donors (Lipinski definition) is 1. The lowest BCUT2D eigenvalue weighted by Crippen LogP contribution is -2.39. The molecule has 1 aromatic heterocycles. The van der Waals surface area contributed by atoms with Crippen molar-refractivity contribution in [2.75, 3.05) is 7.05 Å². The Labute approximate surface area is 146 Å². The molecule has 0 fully saturated rings. The van der Waals surface area contributed by atoms with Gasteiger partial charge >= 0.3 is 0 Å². The Balaban J connectivity index is 1.86. The number of aromatic nitrogens is 1. The van der Waals surface area contributed by atoms with Crippen LogP contribution in [-0.2, 0) is 16.0 Å². The standard InChI is InChI=1S/C16H14F2N4O2S/c1-22-13(23)6-12(14(21-22)15(19)24)16-20-7-11(25-16)4-8-2-9(17)5-10(18)3-8/h2-3,5,7,12H,4,6H2,1H3,(H2,19,24). The molecule has 3 rings (SSSR count). The van der Waals surface area contributed by atoms with Crippen molar-refractivity contribution in [3.63, 3.8) is 0 Å². The average Bonchev–Trinajstić information content (AvgIpc) is 2.96. The summed E-state index contributed by atoms with van der Waals surface area (Å²) in [6.45, 7) is 0. The van der Waals surface area contributed by atoms with E-state index >= 15 is 0 Å². The smallest absolute Gasteiger partial charge is 0.265 e. The van der Waals surface area contributed by atoms with Crippen LogP contribution in [0, 0.1) is 11.6 Å². The van der Waals surface area contributed by atoms with Crippen LogP contribution in [0.4, 0.5) is 8.78 Å². The van der Waals surface area contributed by atoms with E-state index < -0.39 is 23.5 Å². The van der Waals surface area contributed by atoms with E-state index in [9.17, 15) is 18.4 Å². The van der Waals surface area contributed by atoms with Crippen LogP contribution in [-0.4, -0.2) is 34.6 Å². The molecule has 1 unspecified atom stereocenters. The maximum atomic E-state index is 13.3. The van der Waals surface area contributed by atoms with Crippen LogP contribution in [0.15, 0.2) is 29.5 Å². The molecule has 2 amide bonds. The summed E-state index contributed by atoms with van der Waals surface area (Å²) in [4.78, 5) is 28.5. The van der Waals surface area contributed by atoms with Gasteiger partial charge in [-0.1, -0.05) is 0 Å². The van der Waals surface area contributed by atoms with E-state index in [4.69, 9.17) is 5.73 Å². The van der Waals surface area contributed by atoms with Gasteiger partial charge in [0.2, 0.25) is 5.91 Å². The van der Waals surface area contributed by atoms with Gasteiger partial charge in [0.15, 0.2) is 0 Å². The highest BCUT2D eigenvalue weighted by Gasteiger charge is 2.34. The Morgan fingerprint density at radius 2 is 2.04 bits per heavy atom. The van der Waals surface area contributed by atoms with E-state index in [1.165, 1.54) is 30.5 Å². The maximum Gasteiger partial charge on any atom is 0.265 e. The summed E-state index contributed by atoms with van der Waals surface area (Å²) in [7, 11) is 1.45. The van der Waals surface area contributed by atoms with E-state index in [0.717, 1.165) is 16.0 Å². The molecule has 2 heterocycles. The minimum Gasteiger partial charge on any atom is -0.364 e. The van der Waals surface area contributed by atoms with Gasteiger partial charge in [-0.25, -0.2) is 18.8 Å². The summed E-state index contributed by atoms with van der Waals surface area (Å²) < 4.78 is 26.6. The Hall–Kier alpha value is -2.68. The summed E-state index contributed by atoms with van der Waals surface area (Å²) in [6.07, 6.45) is 1.89. The lowest BCUT2D eigenvalue weighted by molar-refractivity contribution is -0.130. The number of hydrogen-bond acceptors (Lipinski definition) is 5. The zero-order valence-corrected chi connectivity index (χ0v) is 14.0. The molecule has 130 valence electrons. The largest absolute Gasteiger partial charge is 0.364 e. The van der Waals surface area contributed by atoms with Gasteiger partial charge in [-0.15, -0.1) is 11.3 Å². The van der Waals surface area contributed by atoms with E-state index in [1.807, 2.05) is 0 Å². The molecule has 0 bridgehead atoms. The van der Waals surface area contributed by atoms with E-state index in [0.29, 0.717) is 10.6 Å². The van der Waals surface area contributed by atoms with Crippen LogP contribution in [0.1, 0.15) is 27.8 Å². The van der Waals surface area contributed by atoms with Crippen LogP contribution >= 0.6 is 11.3 Å². The molecular formula is C16H14F2N4O2S. The second kappa shape index (κ2) is 6.67. The Morgan fingerprint density at radius 3 is 2.68 bits per heavy atom. The molecule has 0 saturated heterocycles. The first-order chi connectivity index (χ1) is 11.8. The molecule has 9 heteroatoms. The number of benzene rings is 1. The quantitative estimate of drug-likeness (QED) is 0.897. The molecule has 0 saturated carbocycles. The van der Waals surface area contributed by atoms with Gasteiger partial charge in [-0.3, -0.25) is 9.59 Å². The van der Waals surface area contributed by atoms with Crippen molar-refractivity contribution in [1.29, 1.82) is 0 Å². The van der Waals surface area contributed by atoms with Gasteiger partial charge in [-0.2, -0.15) is 5.10 Å². The van der Waals surface area contributed by atoms with Gasteiger partial charge in [0.05, 0.1) is 5.92 Å². The molecule has 0 aliphatic carbocycles. The summed E-state index contributed by atoms with van der Waals surface area (Å²) in [5.74, 6) is -2.87. The van der Waals surface area contributed by atoms with Gasteiger partial charge in [0.1, 0.15) is 22.4 Å². The molecule has 0 spiro atoms. The van der Waals surface area contributed by atoms with Gasteiger partial charge in [-0.05, 0) is 17.7 Å². The SMILES string of the molecule is CN1N=C(C(N)=O)C(c2ncc(Cc3cc(F)cc(F)c3)s2)CC1=O. The van der Waals surface area contributed by atoms with Gasteiger partial charge < -0.3 is 5.73 Å². The van der Waals surface area contributed by atoms with Crippen LogP contribution in [0.5, 0.6) is 0 Å². The van der Waals surface area contributed by atoms with Crippen molar-refractivity contribution in [3.05, 3.63) is 51.5 Å². The van der Waals surface area contributed by atoms with E-state index in [-0.39, 0.29) is 24.5 Å². The third kappa shape index (κ3) is 3.71. The molecule has 1 aliphatic rings. The second-order valence-electron chi connectivity index (χ2n) is 5.64.